The predicted molar refractivity (Wildman–Crippen MR) is 118 cm³/mol. The highest BCUT2D eigenvalue weighted by atomic mass is 16.6. The molecular weight excluding hydrogens is 410 g/mol. The highest BCUT2D eigenvalue weighted by Crippen LogP contribution is 2.34. The summed E-state index contributed by atoms with van der Waals surface area (Å²) in [5.74, 6) is 0.0562. The third-order valence-electron chi connectivity index (χ3n) is 4.95. The molecule has 160 valence electrons. The summed E-state index contributed by atoms with van der Waals surface area (Å²) in [6.07, 6.45) is 1.57. The fraction of sp³-hybridized carbons (Fsp3) is 0.0833. The summed E-state index contributed by atoms with van der Waals surface area (Å²) in [6.45, 7) is -0.236. The Hall–Kier alpha value is -4.46. The second-order valence-electron chi connectivity index (χ2n) is 7.03. The van der Waals surface area contributed by atoms with Gasteiger partial charge in [0.25, 0.3) is 11.6 Å². The summed E-state index contributed by atoms with van der Waals surface area (Å²) in [6, 6.07) is 21.0. The highest BCUT2D eigenvalue weighted by molar-refractivity contribution is 5.86. The molecule has 1 unspecified atom stereocenters. The number of non-ortho nitro benzene ring substituents is 1. The first-order valence-electron chi connectivity index (χ1n) is 9.81. The minimum Gasteiger partial charge on any atom is -0.505 e. The van der Waals surface area contributed by atoms with Gasteiger partial charge in [-0.3, -0.25) is 19.9 Å². The molecule has 4 aromatic rings. The van der Waals surface area contributed by atoms with Gasteiger partial charge in [-0.25, -0.2) is 0 Å². The lowest BCUT2D eigenvalue weighted by Gasteiger charge is -2.21. The lowest BCUT2D eigenvalue weighted by molar-refractivity contribution is -0.384. The Kier molecular flexibility index (Phi) is 5.94. The van der Waals surface area contributed by atoms with Crippen molar-refractivity contribution in [1.82, 2.24) is 10.3 Å². The number of pyridine rings is 1. The number of phenols is 1. The number of aromatic hydroxyl groups is 1. The molecule has 0 aliphatic heterocycles. The molecular formula is C24H19N3O5. The molecule has 1 atom stereocenters. The van der Waals surface area contributed by atoms with Crippen molar-refractivity contribution < 1.29 is 19.6 Å². The number of phenolic OH excluding ortho intramolecular Hbond substituents is 1. The normalized spacial score (nSPS) is 11.6. The van der Waals surface area contributed by atoms with Crippen molar-refractivity contribution in [2.24, 2.45) is 0 Å². The maximum Gasteiger partial charge on any atom is 0.269 e. The third kappa shape index (κ3) is 4.49. The van der Waals surface area contributed by atoms with E-state index in [4.69, 9.17) is 4.74 Å². The molecule has 8 heteroatoms. The van der Waals surface area contributed by atoms with Crippen LogP contribution in [0.1, 0.15) is 17.2 Å². The first-order chi connectivity index (χ1) is 15.5. The zero-order valence-corrected chi connectivity index (χ0v) is 16.8. The standard InChI is InChI=1S/C24H19N3O5/c28-21(15-32-19-6-2-1-3-7-19)26-22(17-8-11-18(12-9-17)27(30)31)20-13-10-16-5-4-14-25-23(16)24(20)29/h1-14,22,29H,15H2,(H,26,28). The maximum absolute atomic E-state index is 12.7. The van der Waals surface area contributed by atoms with Gasteiger partial charge in [0.15, 0.2) is 6.61 Å². The minimum absolute atomic E-state index is 0.0734. The number of carbonyl (C=O) groups is 1. The van der Waals surface area contributed by atoms with Gasteiger partial charge in [0.2, 0.25) is 0 Å². The molecule has 0 fully saturated rings. The Labute approximate surface area is 183 Å². The zero-order chi connectivity index (χ0) is 22.5. The van der Waals surface area contributed by atoms with Gasteiger partial charge in [-0.05, 0) is 35.9 Å². The van der Waals surface area contributed by atoms with Crippen LogP contribution in [0.5, 0.6) is 11.5 Å². The summed E-state index contributed by atoms with van der Waals surface area (Å²) >= 11 is 0. The average molecular weight is 429 g/mol. The molecule has 4 rings (SSSR count). The number of ether oxygens (including phenoxy) is 1. The van der Waals surface area contributed by atoms with E-state index in [2.05, 4.69) is 10.3 Å². The number of rotatable bonds is 7. The molecule has 8 nitrogen and oxygen atoms in total. The second kappa shape index (κ2) is 9.13. The fourth-order valence-electron chi connectivity index (χ4n) is 3.38. The number of aromatic nitrogens is 1. The number of hydrogen-bond donors (Lipinski definition) is 2. The van der Waals surface area contributed by atoms with E-state index in [0.29, 0.717) is 22.4 Å². The van der Waals surface area contributed by atoms with E-state index in [-0.39, 0.29) is 18.0 Å². The Balaban J connectivity index is 1.66. The monoisotopic (exact) mass is 429 g/mol. The number of amides is 1. The van der Waals surface area contributed by atoms with Crippen molar-refractivity contribution in [3.05, 3.63) is 106 Å². The molecule has 3 aromatic carbocycles. The topological polar surface area (TPSA) is 115 Å². The molecule has 0 saturated carbocycles. The molecule has 2 N–H and O–H groups in total. The number of para-hydroxylation sites is 1. The van der Waals surface area contributed by atoms with Crippen LogP contribution in [0.25, 0.3) is 10.9 Å². The first kappa shape index (κ1) is 20.8. The van der Waals surface area contributed by atoms with E-state index in [1.807, 2.05) is 12.1 Å². The quantitative estimate of drug-likeness (QED) is 0.337. The lowest BCUT2D eigenvalue weighted by Crippen LogP contribution is -2.33. The third-order valence-corrected chi connectivity index (χ3v) is 4.95. The zero-order valence-electron chi connectivity index (χ0n) is 16.8. The minimum atomic E-state index is -0.769. The van der Waals surface area contributed by atoms with Crippen molar-refractivity contribution in [3.63, 3.8) is 0 Å². The summed E-state index contributed by atoms with van der Waals surface area (Å²) in [5, 5.41) is 25.5. The lowest BCUT2D eigenvalue weighted by atomic mass is 9.96. The molecule has 0 saturated heterocycles. The number of fused-ring (bicyclic) bond motifs is 1. The summed E-state index contributed by atoms with van der Waals surface area (Å²) in [4.78, 5) is 27.4. The predicted octanol–water partition coefficient (Wildman–Crippen LogP) is 4.13. The van der Waals surface area contributed by atoms with Crippen LogP contribution >= 0.6 is 0 Å². The summed E-state index contributed by atoms with van der Waals surface area (Å²) in [5.41, 5.74) is 1.30. The summed E-state index contributed by atoms with van der Waals surface area (Å²) in [7, 11) is 0. The Morgan fingerprint density at radius 2 is 1.78 bits per heavy atom. The molecule has 1 heterocycles. The molecule has 32 heavy (non-hydrogen) atoms. The van der Waals surface area contributed by atoms with Crippen LogP contribution in [0.2, 0.25) is 0 Å². The molecule has 0 aliphatic rings. The van der Waals surface area contributed by atoms with E-state index >= 15 is 0 Å². The molecule has 0 bridgehead atoms. The maximum atomic E-state index is 12.7. The van der Waals surface area contributed by atoms with Crippen molar-refractivity contribution >= 4 is 22.5 Å². The number of hydrogen-bond acceptors (Lipinski definition) is 6. The molecule has 0 aliphatic carbocycles. The summed E-state index contributed by atoms with van der Waals surface area (Å²) < 4.78 is 5.52. The number of nitrogens with one attached hydrogen (secondary N) is 1. The smallest absolute Gasteiger partial charge is 0.269 e. The van der Waals surface area contributed by atoms with Gasteiger partial charge in [-0.1, -0.05) is 36.4 Å². The van der Waals surface area contributed by atoms with Gasteiger partial charge in [-0.2, -0.15) is 0 Å². The van der Waals surface area contributed by atoms with E-state index in [1.54, 1.807) is 60.8 Å². The van der Waals surface area contributed by atoms with Crippen molar-refractivity contribution in [3.8, 4) is 11.5 Å². The van der Waals surface area contributed by atoms with Crippen molar-refractivity contribution in [2.45, 2.75) is 6.04 Å². The van der Waals surface area contributed by atoms with E-state index < -0.39 is 16.9 Å². The van der Waals surface area contributed by atoms with Crippen LogP contribution in [0.4, 0.5) is 5.69 Å². The van der Waals surface area contributed by atoms with Crippen LogP contribution in [0.3, 0.4) is 0 Å². The Bertz CT molecular complexity index is 1260. The van der Waals surface area contributed by atoms with Crippen LogP contribution in [-0.4, -0.2) is 27.5 Å². The van der Waals surface area contributed by atoms with Crippen molar-refractivity contribution in [1.29, 1.82) is 0 Å². The van der Waals surface area contributed by atoms with E-state index in [9.17, 15) is 20.0 Å². The average Bonchev–Trinajstić information content (AvgIpc) is 2.83. The number of nitro benzene ring substituents is 1. The number of nitro groups is 1. The van der Waals surface area contributed by atoms with Gasteiger partial charge in [-0.15, -0.1) is 0 Å². The van der Waals surface area contributed by atoms with Gasteiger partial charge in [0.1, 0.15) is 17.0 Å². The first-order valence-corrected chi connectivity index (χ1v) is 9.81. The molecule has 0 spiro atoms. The molecule has 0 radical (unpaired) electrons. The van der Waals surface area contributed by atoms with Gasteiger partial charge >= 0.3 is 0 Å². The van der Waals surface area contributed by atoms with Crippen LogP contribution in [-0.2, 0) is 4.79 Å². The van der Waals surface area contributed by atoms with E-state index in [0.717, 1.165) is 5.39 Å². The number of carbonyl (C=O) groups excluding carboxylic acids is 1. The molecule has 1 aromatic heterocycles. The number of nitrogens with zero attached hydrogens (tertiary/aromatic N) is 2. The highest BCUT2D eigenvalue weighted by Gasteiger charge is 2.23. The van der Waals surface area contributed by atoms with Gasteiger partial charge < -0.3 is 15.2 Å². The number of benzene rings is 3. The Morgan fingerprint density at radius 1 is 1.03 bits per heavy atom. The largest absolute Gasteiger partial charge is 0.505 e. The Morgan fingerprint density at radius 3 is 2.50 bits per heavy atom. The molecule has 1 amide bonds. The van der Waals surface area contributed by atoms with Gasteiger partial charge in [0.05, 0.1) is 11.0 Å². The van der Waals surface area contributed by atoms with Gasteiger partial charge in [0, 0.05) is 29.3 Å². The van der Waals surface area contributed by atoms with Crippen LogP contribution in [0, 0.1) is 10.1 Å². The second-order valence-corrected chi connectivity index (χ2v) is 7.03. The van der Waals surface area contributed by atoms with Crippen LogP contribution in [0.15, 0.2) is 85.1 Å². The fourth-order valence-corrected chi connectivity index (χ4v) is 3.38. The van der Waals surface area contributed by atoms with Crippen molar-refractivity contribution in [2.75, 3.05) is 6.61 Å². The van der Waals surface area contributed by atoms with Crippen LogP contribution < -0.4 is 10.1 Å². The SMILES string of the molecule is O=C(COc1ccccc1)NC(c1ccc([N+](=O)[O-])cc1)c1ccc2cccnc2c1O. The van der Waals surface area contributed by atoms with E-state index in [1.165, 1.54) is 12.1 Å².